The third-order valence-electron chi connectivity index (χ3n) is 7.61. The Balaban J connectivity index is 1.65. The molecule has 10 radical (unpaired) electrons. The van der Waals surface area contributed by atoms with Crippen LogP contribution in [0.2, 0.25) is 0 Å². The van der Waals surface area contributed by atoms with E-state index in [0.29, 0.717) is 16.5 Å². The quantitative estimate of drug-likeness (QED) is 0.418. The van der Waals surface area contributed by atoms with E-state index in [2.05, 4.69) is 52.0 Å². The van der Waals surface area contributed by atoms with Gasteiger partial charge in [0.1, 0.15) is 39.2 Å². The summed E-state index contributed by atoms with van der Waals surface area (Å²) in [4.78, 5) is 0. The van der Waals surface area contributed by atoms with Crippen LogP contribution < -0.4 is 32.8 Å². The first kappa shape index (κ1) is 25.1. The van der Waals surface area contributed by atoms with Crippen molar-refractivity contribution < 1.29 is 9.31 Å². The zero-order valence-corrected chi connectivity index (χ0v) is 21.1. The summed E-state index contributed by atoms with van der Waals surface area (Å²) < 4.78 is 12.6. The molecule has 1 heterocycles. The highest BCUT2D eigenvalue weighted by Crippen LogP contribution is 2.37. The Kier molecular flexibility index (Phi) is 6.13. The van der Waals surface area contributed by atoms with Gasteiger partial charge >= 0.3 is 7.12 Å². The molecule has 0 aliphatic carbocycles. The minimum absolute atomic E-state index is 0.203. The Labute approximate surface area is 220 Å². The third-order valence-corrected chi connectivity index (χ3v) is 7.61. The minimum Gasteiger partial charge on any atom is -0.399 e. The summed E-state index contributed by atoms with van der Waals surface area (Å²) in [6.45, 7) is 8.21. The molecule has 0 aromatic heterocycles. The summed E-state index contributed by atoms with van der Waals surface area (Å²) in [5.74, 6) is 0. The van der Waals surface area contributed by atoms with Crippen LogP contribution in [-0.4, -0.2) is 57.6 Å². The topological polar surface area (TPSA) is 18.5 Å². The first-order chi connectivity index (χ1) is 16.9. The fraction of sp³-hybridized carbons (Fsp3) is 0.214. The summed E-state index contributed by atoms with van der Waals surface area (Å²) in [5, 5.41) is 2.01. The van der Waals surface area contributed by atoms with Crippen LogP contribution >= 0.6 is 0 Å². The van der Waals surface area contributed by atoms with Crippen molar-refractivity contribution in [2.75, 3.05) is 0 Å². The first-order valence-electron chi connectivity index (χ1n) is 11.9. The fourth-order valence-electron chi connectivity index (χ4n) is 4.75. The van der Waals surface area contributed by atoms with Gasteiger partial charge in [-0.05, 0) is 66.2 Å². The number of rotatable bonds is 3. The van der Waals surface area contributed by atoms with Crippen molar-refractivity contribution >= 4 is 89.9 Å². The number of hydrogen-bond donors (Lipinski definition) is 0. The lowest BCUT2D eigenvalue weighted by Crippen LogP contribution is -2.55. The zero-order valence-electron chi connectivity index (χ0n) is 21.1. The zero-order chi connectivity index (χ0) is 26.0. The van der Waals surface area contributed by atoms with Gasteiger partial charge in [0, 0.05) is 0 Å². The molecule has 0 atom stereocenters. The summed E-state index contributed by atoms with van der Waals surface area (Å²) in [7, 11) is 30.7. The second kappa shape index (κ2) is 8.78. The van der Waals surface area contributed by atoms with Crippen molar-refractivity contribution in [2.45, 2.75) is 38.9 Å². The molecular weight excluding hydrogens is 433 g/mol. The van der Waals surface area contributed by atoms with E-state index in [1.807, 2.05) is 36.4 Å². The van der Waals surface area contributed by atoms with E-state index >= 15 is 0 Å². The molecular formula is C28H22B6O2. The maximum absolute atomic E-state index is 6.39. The smallest absolute Gasteiger partial charge is 0.399 e. The Bertz CT molecular complexity index is 1470. The number of fused-ring (bicyclic) bond motifs is 1. The lowest BCUT2D eigenvalue weighted by atomic mass is 9.59. The maximum Gasteiger partial charge on any atom is 0.494 e. The Hall–Kier alpha value is -2.55. The standard InChI is InChI=1S/C28H22B6O2/c1-27(2)28(3,4)36-34(35-27)16-9-5-8-15(14-16)17-10-6-12-19-18(17)11-7-13-20(19)21-22(29)24(31)26(33)25(32)23(21)30/h5-14H,1-4H3. The highest BCUT2D eigenvalue weighted by Gasteiger charge is 2.51. The predicted molar refractivity (Wildman–Crippen MR) is 157 cm³/mol. The van der Waals surface area contributed by atoms with Gasteiger partial charge in [-0.25, -0.2) is 0 Å². The Morgan fingerprint density at radius 1 is 0.583 bits per heavy atom. The van der Waals surface area contributed by atoms with Crippen LogP contribution in [0.5, 0.6) is 0 Å². The second-order valence-electron chi connectivity index (χ2n) is 10.4. The highest BCUT2D eigenvalue weighted by molar-refractivity contribution is 6.69. The molecule has 0 unspecified atom stereocenters. The maximum atomic E-state index is 6.39. The van der Waals surface area contributed by atoms with E-state index in [1.165, 1.54) is 0 Å². The molecule has 8 heteroatoms. The van der Waals surface area contributed by atoms with Crippen LogP contribution in [0.15, 0.2) is 60.7 Å². The van der Waals surface area contributed by atoms with Crippen molar-refractivity contribution in [3.05, 3.63) is 60.7 Å². The van der Waals surface area contributed by atoms with Crippen molar-refractivity contribution in [3.8, 4) is 22.3 Å². The van der Waals surface area contributed by atoms with E-state index in [-0.39, 0.29) is 16.4 Å². The summed E-state index contributed by atoms with van der Waals surface area (Å²) >= 11 is 0. The van der Waals surface area contributed by atoms with E-state index in [0.717, 1.165) is 32.9 Å². The van der Waals surface area contributed by atoms with Gasteiger partial charge in [-0.1, -0.05) is 71.6 Å². The Morgan fingerprint density at radius 3 is 1.64 bits per heavy atom. The van der Waals surface area contributed by atoms with Gasteiger partial charge in [0.05, 0.1) is 11.2 Å². The van der Waals surface area contributed by atoms with Crippen molar-refractivity contribution in [2.24, 2.45) is 0 Å². The fourth-order valence-corrected chi connectivity index (χ4v) is 4.75. The molecule has 0 bridgehead atoms. The van der Waals surface area contributed by atoms with Gasteiger partial charge in [0.2, 0.25) is 0 Å². The van der Waals surface area contributed by atoms with E-state index in [1.54, 1.807) is 0 Å². The van der Waals surface area contributed by atoms with Crippen LogP contribution in [0.4, 0.5) is 0 Å². The number of benzene rings is 4. The van der Waals surface area contributed by atoms with Crippen molar-refractivity contribution in [3.63, 3.8) is 0 Å². The summed E-state index contributed by atoms with van der Waals surface area (Å²) in [6, 6.07) is 20.4. The first-order valence-corrected chi connectivity index (χ1v) is 11.9. The lowest BCUT2D eigenvalue weighted by molar-refractivity contribution is 0.00578. The van der Waals surface area contributed by atoms with Crippen molar-refractivity contribution in [1.29, 1.82) is 0 Å². The highest BCUT2D eigenvalue weighted by atomic mass is 16.7. The molecule has 1 fully saturated rings. The molecule has 1 aliphatic rings. The van der Waals surface area contributed by atoms with Crippen LogP contribution in [0.1, 0.15) is 27.7 Å². The number of hydrogen-bond acceptors (Lipinski definition) is 2. The van der Waals surface area contributed by atoms with Crippen LogP contribution in [0.3, 0.4) is 0 Å². The molecule has 4 aromatic carbocycles. The van der Waals surface area contributed by atoms with Gasteiger partial charge in [0.15, 0.2) is 0 Å². The van der Waals surface area contributed by atoms with E-state index in [4.69, 9.17) is 48.5 Å². The summed E-state index contributed by atoms with van der Waals surface area (Å²) in [5.41, 5.74) is 4.98. The van der Waals surface area contributed by atoms with Crippen LogP contribution in [0.25, 0.3) is 33.0 Å². The normalized spacial score (nSPS) is 16.5. The molecule has 164 valence electrons. The summed E-state index contributed by atoms with van der Waals surface area (Å²) in [6.07, 6.45) is 0. The second-order valence-corrected chi connectivity index (χ2v) is 10.4. The van der Waals surface area contributed by atoms with Gasteiger partial charge in [-0.2, -0.15) is 0 Å². The van der Waals surface area contributed by atoms with Gasteiger partial charge in [-0.3, -0.25) is 0 Å². The molecule has 0 saturated carbocycles. The molecule has 2 nitrogen and oxygen atoms in total. The monoisotopic (exact) mass is 456 g/mol. The molecule has 0 spiro atoms. The van der Waals surface area contributed by atoms with Gasteiger partial charge in [0.25, 0.3) is 0 Å². The Morgan fingerprint density at radius 2 is 1.06 bits per heavy atom. The molecule has 1 aliphatic heterocycles. The largest absolute Gasteiger partial charge is 0.494 e. The van der Waals surface area contributed by atoms with E-state index < -0.39 is 18.3 Å². The molecule has 36 heavy (non-hydrogen) atoms. The van der Waals surface area contributed by atoms with Crippen LogP contribution in [-0.2, 0) is 9.31 Å². The molecule has 1 saturated heterocycles. The molecule has 4 aromatic rings. The van der Waals surface area contributed by atoms with Crippen molar-refractivity contribution in [1.82, 2.24) is 0 Å². The average molecular weight is 455 g/mol. The van der Waals surface area contributed by atoms with Gasteiger partial charge < -0.3 is 9.31 Å². The SMILES string of the molecule is [B]c1c([B])c([B])c(-c2cccc3c(-c4cccc(B5OC(C)(C)C(C)(C)O5)c4)cccc23)c([B])c1[B]. The molecule has 0 N–H and O–H groups in total. The molecule has 5 rings (SSSR count). The minimum atomic E-state index is -0.444. The molecule has 0 amide bonds. The van der Waals surface area contributed by atoms with E-state index in [9.17, 15) is 0 Å². The van der Waals surface area contributed by atoms with Gasteiger partial charge in [-0.15, -0.1) is 16.4 Å². The third kappa shape index (κ3) is 3.90. The predicted octanol–water partition coefficient (Wildman–Crippen LogP) is 0.442. The van der Waals surface area contributed by atoms with Crippen LogP contribution in [0, 0.1) is 0 Å². The lowest BCUT2D eigenvalue weighted by Gasteiger charge is -2.32. The average Bonchev–Trinajstić information content (AvgIpc) is 3.08.